The second-order valence-electron chi connectivity index (χ2n) is 4.15. The maximum Gasteiger partial charge on any atom is 0.305 e. The Morgan fingerprint density at radius 2 is 1.93 bits per heavy atom. The Hall–Kier alpha value is -0.570. The summed E-state index contributed by atoms with van der Waals surface area (Å²) in [6.07, 6.45) is 4.33. The van der Waals surface area contributed by atoms with E-state index < -0.39 is 5.97 Å². The van der Waals surface area contributed by atoms with Crippen molar-refractivity contribution in [3.63, 3.8) is 0 Å². The lowest BCUT2D eigenvalue weighted by molar-refractivity contribution is -0.140. The quantitative estimate of drug-likeness (QED) is 0.687. The van der Waals surface area contributed by atoms with E-state index in [1.807, 2.05) is 14.1 Å². The zero-order valence-electron chi connectivity index (χ0n) is 9.84. The van der Waals surface area contributed by atoms with E-state index in [1.165, 1.54) is 0 Å². The summed E-state index contributed by atoms with van der Waals surface area (Å²) in [6, 6.07) is 0. The number of hydrogen-bond acceptors (Lipinski definition) is 2. The highest BCUT2D eigenvalue weighted by molar-refractivity contribution is 5.68. The van der Waals surface area contributed by atoms with E-state index in [4.69, 9.17) is 5.11 Å². The van der Waals surface area contributed by atoms with Crippen molar-refractivity contribution in [2.75, 3.05) is 14.1 Å². The second-order valence-corrected chi connectivity index (χ2v) is 4.15. The topological polar surface area (TPSA) is 40.5 Å². The van der Waals surface area contributed by atoms with E-state index in [-0.39, 0.29) is 12.0 Å². The molecule has 0 aliphatic carbocycles. The van der Waals surface area contributed by atoms with Gasteiger partial charge in [0.1, 0.15) is 0 Å². The summed E-state index contributed by atoms with van der Waals surface area (Å²) in [6.45, 7) is 4.20. The Kier molecular flexibility index (Phi) is 5.77. The summed E-state index contributed by atoms with van der Waals surface area (Å²) in [4.78, 5) is 12.9. The molecule has 1 N–H and O–H groups in total. The zero-order chi connectivity index (χ0) is 11.2. The van der Waals surface area contributed by atoms with Crippen LogP contribution in [0.5, 0.6) is 0 Å². The van der Waals surface area contributed by atoms with Gasteiger partial charge in [0, 0.05) is 5.54 Å². The Morgan fingerprint density at radius 3 is 2.21 bits per heavy atom. The third kappa shape index (κ3) is 3.66. The molecule has 0 aromatic carbocycles. The number of unbranched alkanes of at least 4 members (excludes halogenated alkanes) is 1. The molecule has 84 valence electrons. The number of hydrogen-bond donors (Lipinski definition) is 1. The molecular weight excluding hydrogens is 178 g/mol. The molecule has 0 saturated heterocycles. The summed E-state index contributed by atoms with van der Waals surface area (Å²) in [7, 11) is 3.95. The van der Waals surface area contributed by atoms with E-state index in [1.54, 1.807) is 0 Å². The molecule has 0 aromatic heterocycles. The lowest BCUT2D eigenvalue weighted by Gasteiger charge is -2.38. The van der Waals surface area contributed by atoms with Gasteiger partial charge < -0.3 is 10.0 Å². The average Bonchev–Trinajstić information content (AvgIpc) is 2.11. The summed E-state index contributed by atoms with van der Waals surface area (Å²) < 4.78 is 0. The number of carbonyl (C=O) groups is 1. The standard InChI is InChI=1S/C11H23NO2/c1-5-7-8-11(6-2,12(3)4)9-10(13)14/h5-9H2,1-4H3,(H,13,14). The van der Waals surface area contributed by atoms with Gasteiger partial charge in [-0.15, -0.1) is 0 Å². The SMILES string of the molecule is CCCCC(CC)(CC(=O)O)N(C)C. The van der Waals surface area contributed by atoms with Crippen molar-refractivity contribution >= 4 is 5.97 Å². The highest BCUT2D eigenvalue weighted by Gasteiger charge is 2.32. The molecule has 14 heavy (non-hydrogen) atoms. The fourth-order valence-electron chi connectivity index (χ4n) is 1.88. The number of aliphatic carboxylic acids is 1. The molecule has 1 unspecified atom stereocenters. The van der Waals surface area contributed by atoms with Crippen LogP contribution in [0.25, 0.3) is 0 Å². The Morgan fingerprint density at radius 1 is 1.36 bits per heavy atom. The minimum Gasteiger partial charge on any atom is -0.481 e. The fourth-order valence-corrected chi connectivity index (χ4v) is 1.88. The third-order valence-electron chi connectivity index (χ3n) is 3.08. The fraction of sp³-hybridized carbons (Fsp3) is 0.909. The van der Waals surface area contributed by atoms with Crippen molar-refractivity contribution in [1.82, 2.24) is 4.90 Å². The van der Waals surface area contributed by atoms with Crippen LogP contribution in [-0.4, -0.2) is 35.6 Å². The van der Waals surface area contributed by atoms with Gasteiger partial charge in [-0.2, -0.15) is 0 Å². The molecule has 0 bridgehead atoms. The largest absolute Gasteiger partial charge is 0.481 e. The van der Waals surface area contributed by atoms with Crippen LogP contribution < -0.4 is 0 Å². The first-order valence-corrected chi connectivity index (χ1v) is 5.37. The van der Waals surface area contributed by atoms with Crippen molar-refractivity contribution in [3.8, 4) is 0 Å². The normalized spacial score (nSPS) is 15.5. The highest BCUT2D eigenvalue weighted by atomic mass is 16.4. The van der Waals surface area contributed by atoms with Gasteiger partial charge in [-0.05, 0) is 26.9 Å². The maximum absolute atomic E-state index is 10.8. The van der Waals surface area contributed by atoms with Gasteiger partial charge in [-0.3, -0.25) is 4.79 Å². The monoisotopic (exact) mass is 201 g/mol. The molecule has 0 heterocycles. The minimum atomic E-state index is -0.698. The van der Waals surface area contributed by atoms with E-state index in [0.29, 0.717) is 0 Å². The van der Waals surface area contributed by atoms with Crippen molar-refractivity contribution in [1.29, 1.82) is 0 Å². The number of carboxylic acids is 1. The summed E-state index contributed by atoms with van der Waals surface area (Å²) in [5.74, 6) is -0.698. The Balaban J connectivity index is 4.51. The second kappa shape index (κ2) is 6.02. The van der Waals surface area contributed by atoms with Crippen molar-refractivity contribution < 1.29 is 9.90 Å². The van der Waals surface area contributed by atoms with Gasteiger partial charge in [-0.1, -0.05) is 26.7 Å². The van der Waals surface area contributed by atoms with Gasteiger partial charge in [0.15, 0.2) is 0 Å². The number of rotatable bonds is 7. The summed E-state index contributed by atoms with van der Waals surface area (Å²) >= 11 is 0. The Bertz CT molecular complexity index is 180. The van der Waals surface area contributed by atoms with Crippen LogP contribution in [0, 0.1) is 0 Å². The van der Waals surface area contributed by atoms with Crippen LogP contribution in [-0.2, 0) is 4.79 Å². The van der Waals surface area contributed by atoms with E-state index >= 15 is 0 Å². The molecule has 1 atom stereocenters. The van der Waals surface area contributed by atoms with Gasteiger partial charge >= 0.3 is 5.97 Å². The molecule has 0 spiro atoms. The van der Waals surface area contributed by atoms with Crippen molar-refractivity contribution in [3.05, 3.63) is 0 Å². The van der Waals surface area contributed by atoms with Crippen molar-refractivity contribution in [2.45, 2.75) is 51.5 Å². The van der Waals surface area contributed by atoms with E-state index in [9.17, 15) is 4.79 Å². The van der Waals surface area contributed by atoms with E-state index in [2.05, 4.69) is 18.7 Å². The Labute approximate surface area is 87.1 Å². The van der Waals surface area contributed by atoms with Crippen LogP contribution in [0.4, 0.5) is 0 Å². The van der Waals surface area contributed by atoms with Gasteiger partial charge in [0.05, 0.1) is 6.42 Å². The number of carboxylic acid groups (broad SMARTS) is 1. The highest BCUT2D eigenvalue weighted by Crippen LogP contribution is 2.27. The maximum atomic E-state index is 10.8. The van der Waals surface area contributed by atoms with Crippen LogP contribution in [0.1, 0.15) is 46.0 Å². The molecule has 0 aliphatic heterocycles. The summed E-state index contributed by atoms with van der Waals surface area (Å²) in [5, 5.41) is 8.90. The molecule has 0 aromatic rings. The molecule has 0 rings (SSSR count). The molecule has 0 aliphatic rings. The molecule has 0 saturated carbocycles. The third-order valence-corrected chi connectivity index (χ3v) is 3.08. The smallest absolute Gasteiger partial charge is 0.305 e. The van der Waals surface area contributed by atoms with Gasteiger partial charge in [0.2, 0.25) is 0 Å². The molecule has 0 amide bonds. The molecule has 0 radical (unpaired) electrons. The average molecular weight is 201 g/mol. The minimum absolute atomic E-state index is 0.151. The van der Waals surface area contributed by atoms with Crippen molar-refractivity contribution in [2.24, 2.45) is 0 Å². The van der Waals surface area contributed by atoms with Crippen LogP contribution >= 0.6 is 0 Å². The summed E-state index contributed by atoms with van der Waals surface area (Å²) in [5.41, 5.74) is -0.151. The first kappa shape index (κ1) is 13.4. The number of nitrogens with zero attached hydrogens (tertiary/aromatic N) is 1. The first-order valence-electron chi connectivity index (χ1n) is 5.37. The van der Waals surface area contributed by atoms with E-state index in [0.717, 1.165) is 25.7 Å². The first-order chi connectivity index (χ1) is 6.48. The van der Waals surface area contributed by atoms with Crippen LogP contribution in [0.15, 0.2) is 0 Å². The predicted molar refractivity (Wildman–Crippen MR) is 58.5 cm³/mol. The molecule has 0 fully saturated rings. The molecule has 3 heteroatoms. The molecule has 3 nitrogen and oxygen atoms in total. The lowest BCUT2D eigenvalue weighted by atomic mass is 9.85. The lowest BCUT2D eigenvalue weighted by Crippen LogP contribution is -2.45. The van der Waals surface area contributed by atoms with Crippen LogP contribution in [0.2, 0.25) is 0 Å². The van der Waals surface area contributed by atoms with Gasteiger partial charge in [0.25, 0.3) is 0 Å². The predicted octanol–water partition coefficient (Wildman–Crippen LogP) is 2.36. The van der Waals surface area contributed by atoms with Crippen LogP contribution in [0.3, 0.4) is 0 Å². The molecular formula is C11H23NO2. The zero-order valence-corrected chi connectivity index (χ0v) is 9.84. The van der Waals surface area contributed by atoms with Gasteiger partial charge in [-0.25, -0.2) is 0 Å².